The van der Waals surface area contributed by atoms with E-state index in [1.165, 1.54) is 0 Å². The van der Waals surface area contributed by atoms with E-state index < -0.39 is 0 Å². The quantitative estimate of drug-likeness (QED) is 0.583. The molecule has 0 spiro atoms. The zero-order chi connectivity index (χ0) is 13.7. The van der Waals surface area contributed by atoms with Gasteiger partial charge in [-0.25, -0.2) is 0 Å². The van der Waals surface area contributed by atoms with Crippen LogP contribution in [0.5, 0.6) is 0 Å². The SMILES string of the molecule is CN(CCN1CCNCC1)Cc1nc(N)nc(N)n1. The van der Waals surface area contributed by atoms with Crippen LogP contribution in [0.2, 0.25) is 0 Å². The molecular weight excluding hydrogens is 244 g/mol. The van der Waals surface area contributed by atoms with Crippen LogP contribution in [0.25, 0.3) is 0 Å². The van der Waals surface area contributed by atoms with Crippen LogP contribution in [-0.2, 0) is 6.54 Å². The van der Waals surface area contributed by atoms with Crippen molar-refractivity contribution < 1.29 is 0 Å². The van der Waals surface area contributed by atoms with Gasteiger partial charge in [-0.2, -0.15) is 15.0 Å². The second-order valence-electron chi connectivity index (χ2n) is 4.80. The highest BCUT2D eigenvalue weighted by Crippen LogP contribution is 2.02. The van der Waals surface area contributed by atoms with Crippen LogP contribution >= 0.6 is 0 Å². The summed E-state index contributed by atoms with van der Waals surface area (Å²) in [5.41, 5.74) is 11.1. The Hall–Kier alpha value is -1.51. The number of nitrogens with zero attached hydrogens (tertiary/aromatic N) is 5. The molecule has 19 heavy (non-hydrogen) atoms. The zero-order valence-corrected chi connectivity index (χ0v) is 11.3. The lowest BCUT2D eigenvalue weighted by Gasteiger charge is -2.28. The van der Waals surface area contributed by atoms with Gasteiger partial charge in [-0.1, -0.05) is 0 Å². The highest BCUT2D eigenvalue weighted by atomic mass is 15.2. The van der Waals surface area contributed by atoms with Crippen LogP contribution in [0.3, 0.4) is 0 Å². The standard InChI is InChI=1S/C11H22N8/c1-18(6-7-19-4-2-14-3-5-19)8-9-15-10(12)17-11(13)16-9/h14H,2-8H2,1H3,(H4,12,13,15,16,17). The highest BCUT2D eigenvalue weighted by molar-refractivity contribution is 5.25. The number of nitrogens with two attached hydrogens (primary N) is 2. The first-order valence-electron chi connectivity index (χ1n) is 6.51. The molecule has 0 amide bonds. The molecule has 1 aliphatic rings. The molecule has 0 unspecified atom stereocenters. The van der Waals surface area contributed by atoms with Gasteiger partial charge in [-0.3, -0.25) is 9.80 Å². The van der Waals surface area contributed by atoms with Crippen molar-refractivity contribution in [2.75, 3.05) is 57.8 Å². The fraction of sp³-hybridized carbons (Fsp3) is 0.727. The molecule has 1 aromatic heterocycles. The molecule has 0 saturated carbocycles. The zero-order valence-electron chi connectivity index (χ0n) is 11.3. The Morgan fingerprint density at radius 1 is 1.16 bits per heavy atom. The van der Waals surface area contributed by atoms with Gasteiger partial charge in [0.25, 0.3) is 0 Å². The summed E-state index contributed by atoms with van der Waals surface area (Å²) in [6.07, 6.45) is 0. The first-order valence-corrected chi connectivity index (χ1v) is 6.51. The Balaban J connectivity index is 1.78. The number of nitrogen functional groups attached to an aromatic ring is 2. The molecule has 1 saturated heterocycles. The molecule has 0 atom stereocenters. The minimum Gasteiger partial charge on any atom is -0.368 e. The van der Waals surface area contributed by atoms with Gasteiger partial charge >= 0.3 is 0 Å². The number of hydrogen-bond donors (Lipinski definition) is 3. The fourth-order valence-corrected chi connectivity index (χ4v) is 2.09. The molecule has 8 heteroatoms. The third-order valence-electron chi connectivity index (χ3n) is 3.14. The summed E-state index contributed by atoms with van der Waals surface area (Å²) in [5.74, 6) is 0.976. The first kappa shape index (κ1) is 13.9. The van der Waals surface area contributed by atoms with Crippen LogP contribution in [0, 0.1) is 0 Å². The lowest BCUT2D eigenvalue weighted by molar-refractivity contribution is 0.200. The molecule has 2 heterocycles. The molecule has 0 radical (unpaired) electrons. The Kier molecular flexibility index (Phi) is 4.83. The summed E-state index contributed by atoms with van der Waals surface area (Å²) >= 11 is 0. The summed E-state index contributed by atoms with van der Waals surface area (Å²) in [7, 11) is 2.04. The molecule has 1 aromatic rings. The molecule has 2 rings (SSSR count). The van der Waals surface area contributed by atoms with E-state index in [0.29, 0.717) is 12.4 Å². The maximum Gasteiger partial charge on any atom is 0.225 e. The van der Waals surface area contributed by atoms with Crippen molar-refractivity contribution in [3.63, 3.8) is 0 Å². The monoisotopic (exact) mass is 266 g/mol. The molecular formula is C11H22N8. The molecule has 106 valence electrons. The van der Waals surface area contributed by atoms with Crippen molar-refractivity contribution in [1.82, 2.24) is 30.1 Å². The minimum atomic E-state index is 0.179. The van der Waals surface area contributed by atoms with E-state index in [9.17, 15) is 0 Å². The number of piperazine rings is 1. The van der Waals surface area contributed by atoms with Gasteiger partial charge in [0.15, 0.2) is 0 Å². The minimum absolute atomic E-state index is 0.179. The predicted octanol–water partition coefficient (Wildman–Crippen LogP) is -1.63. The summed E-state index contributed by atoms with van der Waals surface area (Å²) in [6.45, 7) is 7.01. The first-order chi connectivity index (χ1) is 9.13. The average molecular weight is 266 g/mol. The largest absolute Gasteiger partial charge is 0.368 e. The fourth-order valence-electron chi connectivity index (χ4n) is 2.09. The van der Waals surface area contributed by atoms with Crippen LogP contribution in [0.1, 0.15) is 5.82 Å². The van der Waals surface area contributed by atoms with Gasteiger partial charge in [0.2, 0.25) is 11.9 Å². The molecule has 0 bridgehead atoms. The van der Waals surface area contributed by atoms with Crippen molar-refractivity contribution in [3.8, 4) is 0 Å². The number of aromatic nitrogens is 3. The van der Waals surface area contributed by atoms with Crippen LogP contribution < -0.4 is 16.8 Å². The van der Waals surface area contributed by atoms with E-state index in [4.69, 9.17) is 11.5 Å². The molecule has 5 N–H and O–H groups in total. The smallest absolute Gasteiger partial charge is 0.225 e. The topological polar surface area (TPSA) is 109 Å². The number of rotatable bonds is 5. The summed E-state index contributed by atoms with van der Waals surface area (Å²) < 4.78 is 0. The van der Waals surface area contributed by atoms with Gasteiger partial charge in [-0.05, 0) is 7.05 Å². The third kappa shape index (κ3) is 4.58. The van der Waals surface area contributed by atoms with Gasteiger partial charge in [0, 0.05) is 39.3 Å². The Morgan fingerprint density at radius 3 is 2.42 bits per heavy atom. The van der Waals surface area contributed by atoms with E-state index >= 15 is 0 Å². The van der Waals surface area contributed by atoms with Crippen molar-refractivity contribution in [2.24, 2.45) is 0 Å². The molecule has 0 aromatic carbocycles. The van der Waals surface area contributed by atoms with E-state index in [1.807, 2.05) is 7.05 Å². The highest BCUT2D eigenvalue weighted by Gasteiger charge is 2.11. The average Bonchev–Trinajstić information content (AvgIpc) is 2.36. The van der Waals surface area contributed by atoms with Crippen molar-refractivity contribution in [1.29, 1.82) is 0 Å². The summed E-state index contributed by atoms with van der Waals surface area (Å²) in [6, 6.07) is 0. The van der Waals surface area contributed by atoms with Crippen molar-refractivity contribution in [2.45, 2.75) is 6.54 Å². The van der Waals surface area contributed by atoms with E-state index in [-0.39, 0.29) is 11.9 Å². The Bertz CT molecular complexity index is 383. The summed E-state index contributed by atoms with van der Waals surface area (Å²) in [4.78, 5) is 16.5. The van der Waals surface area contributed by atoms with Gasteiger partial charge in [-0.15, -0.1) is 0 Å². The Labute approximate surface area is 113 Å². The van der Waals surface area contributed by atoms with Gasteiger partial charge in [0.1, 0.15) is 5.82 Å². The molecule has 1 fully saturated rings. The van der Waals surface area contributed by atoms with Crippen molar-refractivity contribution in [3.05, 3.63) is 5.82 Å². The molecule has 0 aliphatic carbocycles. The molecule has 8 nitrogen and oxygen atoms in total. The second kappa shape index (κ2) is 6.60. The second-order valence-corrected chi connectivity index (χ2v) is 4.80. The lowest BCUT2D eigenvalue weighted by atomic mass is 10.3. The normalized spacial score (nSPS) is 16.9. The predicted molar refractivity (Wildman–Crippen MR) is 74.3 cm³/mol. The van der Waals surface area contributed by atoms with Gasteiger partial charge < -0.3 is 16.8 Å². The number of anilines is 2. The maximum absolute atomic E-state index is 5.55. The van der Waals surface area contributed by atoms with Crippen LogP contribution in [-0.4, -0.2) is 71.1 Å². The van der Waals surface area contributed by atoms with Gasteiger partial charge in [0.05, 0.1) is 6.54 Å². The van der Waals surface area contributed by atoms with Crippen LogP contribution in [0.4, 0.5) is 11.9 Å². The van der Waals surface area contributed by atoms with Crippen LogP contribution in [0.15, 0.2) is 0 Å². The number of likely N-dealkylation sites (N-methyl/N-ethyl adjacent to an activating group) is 1. The lowest BCUT2D eigenvalue weighted by Crippen LogP contribution is -2.45. The van der Waals surface area contributed by atoms with E-state index in [1.54, 1.807) is 0 Å². The maximum atomic E-state index is 5.55. The number of nitrogens with one attached hydrogen (secondary N) is 1. The van der Waals surface area contributed by atoms with Crippen molar-refractivity contribution >= 4 is 11.9 Å². The molecule has 1 aliphatic heterocycles. The third-order valence-corrected chi connectivity index (χ3v) is 3.14. The van der Waals surface area contributed by atoms with E-state index in [2.05, 4.69) is 30.1 Å². The number of hydrogen-bond acceptors (Lipinski definition) is 8. The summed E-state index contributed by atoms with van der Waals surface area (Å²) in [5, 5.41) is 3.34. The van der Waals surface area contributed by atoms with E-state index in [0.717, 1.165) is 39.3 Å². The Morgan fingerprint density at radius 2 is 1.79 bits per heavy atom.